The maximum atomic E-state index is 12.1. The number of aromatic nitrogens is 8. The fourth-order valence-electron chi connectivity index (χ4n) is 6.11. The number of nitrogens with one attached hydrogen (secondary N) is 2. The topological polar surface area (TPSA) is 232 Å². The first-order valence-corrected chi connectivity index (χ1v) is 18.7. The quantitative estimate of drug-likeness (QED) is 0.137. The molecule has 0 spiro atoms. The minimum atomic E-state index is -5.08. The molecule has 0 saturated carbocycles. The highest BCUT2D eigenvalue weighted by atomic mass is 32.2. The third kappa shape index (κ3) is 8.75. The van der Waals surface area contributed by atoms with E-state index in [0.717, 1.165) is 11.1 Å². The van der Waals surface area contributed by atoms with Gasteiger partial charge in [0.15, 0.2) is 29.3 Å². The standard InChI is InChI=1S/C31H36N10O5S.C2HF3O2/c1-2-41-38-28(37-39-41)26-24(42)25(43)30(46-26)40-18-33-23-27(35-31(36-29(23)40)34-21-13-15-47(44,45)16-14-21)32-17-22(19-9-5-3-6-10-19)20-11-7-4-8-12-20;3-2(4,5)1(6)7/h3-12,18,21-22,24-26,30,42-43H,2,13-17H2,1H3,(H2,32,34,35,36);(H,6,7)/t24-,25+,26-,30+;/m0./s1. The maximum absolute atomic E-state index is 12.1. The molecule has 54 heavy (non-hydrogen) atoms. The van der Waals surface area contributed by atoms with Gasteiger partial charge in [0.25, 0.3) is 0 Å². The Morgan fingerprint density at radius 3 is 2.17 bits per heavy atom. The number of alkyl halides is 3. The molecule has 7 rings (SSSR count). The fraction of sp³-hybridized carbons (Fsp3) is 0.424. The van der Waals surface area contributed by atoms with Gasteiger partial charge in [0.2, 0.25) is 11.8 Å². The second-order valence-electron chi connectivity index (χ2n) is 12.6. The van der Waals surface area contributed by atoms with E-state index in [2.05, 4.69) is 55.3 Å². The summed E-state index contributed by atoms with van der Waals surface area (Å²) in [6.45, 7) is 2.83. The fourth-order valence-corrected chi connectivity index (χ4v) is 7.60. The van der Waals surface area contributed by atoms with Crippen LogP contribution in [0.15, 0.2) is 67.0 Å². The average Bonchev–Trinajstić information content (AvgIpc) is 3.88. The number of carboxylic acid groups (broad SMARTS) is 1. The van der Waals surface area contributed by atoms with Crippen LogP contribution in [0.2, 0.25) is 0 Å². The number of tetrazole rings is 1. The number of aliphatic hydroxyl groups excluding tert-OH is 2. The molecule has 2 aliphatic heterocycles. The number of aliphatic carboxylic acids is 1. The van der Waals surface area contributed by atoms with E-state index in [-0.39, 0.29) is 35.2 Å². The molecule has 2 saturated heterocycles. The highest BCUT2D eigenvalue weighted by Crippen LogP contribution is 2.39. The van der Waals surface area contributed by atoms with Crippen LogP contribution in [0.25, 0.3) is 11.2 Å². The summed E-state index contributed by atoms with van der Waals surface area (Å²) in [5, 5.41) is 48.2. The smallest absolute Gasteiger partial charge is 0.475 e. The van der Waals surface area contributed by atoms with Gasteiger partial charge in [-0.3, -0.25) is 4.57 Å². The number of nitrogens with zero attached hydrogens (tertiary/aromatic N) is 8. The number of fused-ring (bicyclic) bond motifs is 1. The third-order valence-corrected chi connectivity index (χ3v) is 10.7. The number of carboxylic acids is 1. The van der Waals surface area contributed by atoms with E-state index in [1.165, 1.54) is 11.1 Å². The number of ether oxygens (including phenoxy) is 1. The summed E-state index contributed by atoms with van der Waals surface area (Å²) >= 11 is 0. The summed E-state index contributed by atoms with van der Waals surface area (Å²) in [6, 6.07) is 20.2. The average molecular weight is 775 g/mol. The van der Waals surface area contributed by atoms with E-state index in [1.54, 1.807) is 4.57 Å². The van der Waals surface area contributed by atoms with Gasteiger partial charge in [0, 0.05) is 18.5 Å². The Morgan fingerprint density at radius 1 is 1.00 bits per heavy atom. The largest absolute Gasteiger partial charge is 0.490 e. The van der Waals surface area contributed by atoms with Crippen molar-refractivity contribution in [2.45, 2.75) is 69.0 Å². The zero-order valence-corrected chi connectivity index (χ0v) is 29.5. The molecule has 0 bridgehead atoms. The van der Waals surface area contributed by atoms with Crippen molar-refractivity contribution in [3.63, 3.8) is 0 Å². The Balaban J connectivity index is 0.000000649. The molecule has 5 heterocycles. The molecule has 0 aliphatic carbocycles. The van der Waals surface area contributed by atoms with Crippen molar-refractivity contribution in [1.29, 1.82) is 0 Å². The van der Waals surface area contributed by atoms with Crippen LogP contribution in [-0.2, 0) is 25.9 Å². The number of halogens is 3. The van der Waals surface area contributed by atoms with Gasteiger partial charge < -0.3 is 30.7 Å². The van der Waals surface area contributed by atoms with E-state index in [1.807, 2.05) is 43.3 Å². The lowest BCUT2D eigenvalue weighted by molar-refractivity contribution is -0.192. The number of benzene rings is 2. The zero-order valence-electron chi connectivity index (χ0n) is 28.7. The van der Waals surface area contributed by atoms with Gasteiger partial charge in [0.1, 0.15) is 22.0 Å². The number of hydrogen-bond donors (Lipinski definition) is 5. The first-order chi connectivity index (χ1) is 25.7. The minimum Gasteiger partial charge on any atom is -0.475 e. The Hall–Kier alpha value is -5.25. The van der Waals surface area contributed by atoms with Crippen LogP contribution in [0.1, 0.15) is 55.0 Å². The van der Waals surface area contributed by atoms with Crippen molar-refractivity contribution < 1.29 is 46.4 Å². The summed E-state index contributed by atoms with van der Waals surface area (Å²) in [5.74, 6) is -1.71. The van der Waals surface area contributed by atoms with Gasteiger partial charge in [-0.25, -0.2) is 18.2 Å². The molecule has 5 aromatic rings. The molecule has 288 valence electrons. The van der Waals surface area contributed by atoms with Crippen LogP contribution in [0.4, 0.5) is 24.9 Å². The summed E-state index contributed by atoms with van der Waals surface area (Å²) < 4.78 is 63.6. The lowest BCUT2D eigenvalue weighted by Gasteiger charge is -2.24. The van der Waals surface area contributed by atoms with Gasteiger partial charge in [0.05, 0.1) is 24.4 Å². The summed E-state index contributed by atoms with van der Waals surface area (Å²) in [7, 11) is -3.06. The molecular formula is C33H37F3N10O7S. The summed E-state index contributed by atoms with van der Waals surface area (Å²) in [4.78, 5) is 24.4. The number of rotatable bonds is 10. The molecule has 2 aromatic carbocycles. The predicted octanol–water partition coefficient (Wildman–Crippen LogP) is 2.69. The molecular weight excluding hydrogens is 737 g/mol. The summed E-state index contributed by atoms with van der Waals surface area (Å²) in [6.07, 6.45) is -7.49. The minimum absolute atomic E-state index is 0.00982. The molecule has 4 atom stereocenters. The number of imidazole rings is 1. The van der Waals surface area contributed by atoms with Crippen LogP contribution in [-0.4, -0.2) is 112 Å². The van der Waals surface area contributed by atoms with Crippen molar-refractivity contribution in [3.05, 3.63) is 83.9 Å². The van der Waals surface area contributed by atoms with Crippen molar-refractivity contribution in [3.8, 4) is 0 Å². The lowest BCUT2D eigenvalue weighted by Crippen LogP contribution is -2.33. The Labute approximate surface area is 306 Å². The van der Waals surface area contributed by atoms with Crippen LogP contribution in [0.5, 0.6) is 0 Å². The van der Waals surface area contributed by atoms with Crippen LogP contribution in [0.3, 0.4) is 0 Å². The number of sulfone groups is 1. The van der Waals surface area contributed by atoms with Crippen LogP contribution < -0.4 is 10.6 Å². The molecule has 17 nitrogen and oxygen atoms in total. The van der Waals surface area contributed by atoms with Crippen molar-refractivity contribution in [2.75, 3.05) is 28.7 Å². The van der Waals surface area contributed by atoms with Crippen molar-refractivity contribution >= 4 is 38.7 Å². The number of aliphatic hydroxyl groups is 2. The summed E-state index contributed by atoms with van der Waals surface area (Å²) in [5.41, 5.74) is 3.04. The van der Waals surface area contributed by atoms with Gasteiger partial charge in [-0.15, -0.1) is 10.2 Å². The Morgan fingerprint density at radius 2 is 1.61 bits per heavy atom. The Bertz CT molecular complexity index is 2100. The molecule has 2 fully saturated rings. The van der Waals surface area contributed by atoms with E-state index >= 15 is 0 Å². The Kier molecular flexibility index (Phi) is 11.4. The first-order valence-electron chi connectivity index (χ1n) is 16.9. The highest BCUT2D eigenvalue weighted by Gasteiger charge is 2.47. The van der Waals surface area contributed by atoms with E-state index < -0.39 is 46.5 Å². The van der Waals surface area contributed by atoms with Gasteiger partial charge in [-0.05, 0) is 36.1 Å². The number of hydrogen-bond acceptors (Lipinski definition) is 14. The van der Waals surface area contributed by atoms with E-state index in [9.17, 15) is 31.8 Å². The number of carbonyl (C=O) groups is 1. The SMILES string of the molecule is CCn1nnc([C@H]2O[C@@H](n3cnc4c(NCC(c5ccccc5)c5ccccc5)nc(NC5CCS(=O)(=O)CC5)nc43)[C@H](O)[C@@H]2O)n1.O=C(O)C(F)(F)F. The van der Waals surface area contributed by atoms with E-state index in [0.29, 0.717) is 42.9 Å². The molecule has 0 unspecified atom stereocenters. The van der Waals surface area contributed by atoms with Crippen LogP contribution in [0, 0.1) is 0 Å². The van der Waals surface area contributed by atoms with E-state index in [4.69, 9.17) is 24.6 Å². The first kappa shape index (κ1) is 38.5. The predicted molar refractivity (Wildman–Crippen MR) is 186 cm³/mol. The zero-order chi connectivity index (χ0) is 38.6. The van der Waals surface area contributed by atoms with Crippen molar-refractivity contribution in [2.24, 2.45) is 0 Å². The molecule has 3 aromatic heterocycles. The number of aryl methyl sites for hydroxylation is 1. The third-order valence-electron chi connectivity index (χ3n) is 8.95. The molecule has 0 amide bonds. The normalized spacial score (nSPS) is 21.5. The van der Waals surface area contributed by atoms with Crippen LogP contribution >= 0.6 is 0 Å². The molecule has 2 aliphatic rings. The van der Waals surface area contributed by atoms with Gasteiger partial charge in [-0.2, -0.15) is 27.9 Å². The molecule has 5 N–H and O–H groups in total. The maximum Gasteiger partial charge on any atom is 0.490 e. The molecule has 0 radical (unpaired) electrons. The lowest BCUT2D eigenvalue weighted by atomic mass is 9.91. The second-order valence-corrected chi connectivity index (χ2v) is 14.9. The molecule has 21 heteroatoms. The van der Waals surface area contributed by atoms with Gasteiger partial charge >= 0.3 is 12.1 Å². The van der Waals surface area contributed by atoms with Gasteiger partial charge in [-0.1, -0.05) is 60.7 Å². The second kappa shape index (κ2) is 16.0. The monoisotopic (exact) mass is 774 g/mol. The highest BCUT2D eigenvalue weighted by molar-refractivity contribution is 7.91. The number of anilines is 2. The van der Waals surface area contributed by atoms with Crippen molar-refractivity contribution in [1.82, 2.24) is 39.7 Å².